The Hall–Kier alpha value is -4.36. The van der Waals surface area contributed by atoms with Gasteiger partial charge < -0.3 is 9.97 Å². The average molecular weight is 471 g/mol. The fraction of sp³-hybridized carbons (Fsp3) is 0.0714. The van der Waals surface area contributed by atoms with Gasteiger partial charge >= 0.3 is 0 Å². The predicted molar refractivity (Wildman–Crippen MR) is 144 cm³/mol. The van der Waals surface area contributed by atoms with Crippen LogP contribution < -0.4 is 0 Å². The van der Waals surface area contributed by atoms with Crippen molar-refractivity contribution in [3.63, 3.8) is 0 Å². The summed E-state index contributed by atoms with van der Waals surface area (Å²) in [7, 11) is 0. The minimum absolute atomic E-state index is 0.881. The lowest BCUT2D eigenvalue weighted by Crippen LogP contribution is -1.88. The third-order valence-electron chi connectivity index (χ3n) is 6.95. The summed E-state index contributed by atoms with van der Waals surface area (Å²) in [6.45, 7) is 3.99. The van der Waals surface area contributed by atoms with Crippen LogP contribution in [0.4, 0.5) is 0 Å². The first kappa shape index (κ1) is 19.0. The molecule has 0 bridgehead atoms. The zero-order valence-electron chi connectivity index (χ0n) is 19.0. The van der Waals surface area contributed by atoms with Gasteiger partial charge in [0, 0.05) is 37.8 Å². The Balaban J connectivity index is 1.44. The van der Waals surface area contributed by atoms with Crippen LogP contribution in [-0.2, 0) is 0 Å². The van der Waals surface area contributed by atoms with Gasteiger partial charge in [0.15, 0.2) is 0 Å². The molecular weight excluding hydrogens is 452 g/mol. The first-order valence-corrected chi connectivity index (χ1v) is 12.3. The van der Waals surface area contributed by atoms with Crippen LogP contribution in [0.5, 0.6) is 0 Å². The van der Waals surface area contributed by atoms with Crippen LogP contribution in [0, 0.1) is 13.8 Å². The van der Waals surface area contributed by atoms with Crippen LogP contribution in [0.3, 0.4) is 0 Å². The number of fused-ring (bicyclic) bond motifs is 12. The molecule has 0 radical (unpaired) electrons. The number of hydrogen-bond acceptors (Lipinski definition) is 5. The van der Waals surface area contributed by atoms with E-state index in [0.717, 1.165) is 61.0 Å². The van der Waals surface area contributed by atoms with E-state index in [4.69, 9.17) is 9.97 Å². The molecule has 0 saturated carbocycles. The van der Waals surface area contributed by atoms with E-state index < -0.39 is 0 Å². The lowest BCUT2D eigenvalue weighted by atomic mass is 9.96. The van der Waals surface area contributed by atoms with Gasteiger partial charge in [-0.2, -0.15) is 0 Å². The van der Waals surface area contributed by atoms with Crippen LogP contribution in [0.1, 0.15) is 11.6 Å². The standard InChI is InChI=1S/C28H18N6S/c1-13-31-24-18-6-4-16(10-21(18)28-19(7-8-35-28)26(24)33-13)15-3-5-17-20(9-15)22-11-29-12-30-23(22)27-25(17)32-14(2)34-27/h3-12H,1-2H3,(H,31,33)(H,32,34). The average Bonchev–Trinajstić information content (AvgIpc) is 3.61. The first-order chi connectivity index (χ1) is 17.2. The second-order valence-corrected chi connectivity index (χ2v) is 9.98. The van der Waals surface area contributed by atoms with Crippen molar-refractivity contribution in [3.8, 4) is 11.1 Å². The molecule has 0 aliphatic carbocycles. The first-order valence-electron chi connectivity index (χ1n) is 11.5. The van der Waals surface area contributed by atoms with Gasteiger partial charge in [-0.05, 0) is 53.9 Å². The van der Waals surface area contributed by atoms with Crippen molar-refractivity contribution in [3.05, 3.63) is 72.0 Å². The minimum atomic E-state index is 0.881. The van der Waals surface area contributed by atoms with Crippen molar-refractivity contribution < 1.29 is 0 Å². The highest BCUT2D eigenvalue weighted by atomic mass is 32.1. The minimum Gasteiger partial charge on any atom is -0.342 e. The molecule has 0 unspecified atom stereocenters. The van der Waals surface area contributed by atoms with E-state index in [-0.39, 0.29) is 0 Å². The number of hydrogen-bond donors (Lipinski definition) is 2. The topological polar surface area (TPSA) is 83.1 Å². The lowest BCUT2D eigenvalue weighted by molar-refractivity contribution is 1.17. The summed E-state index contributed by atoms with van der Waals surface area (Å²) in [6.07, 6.45) is 3.50. The molecule has 4 aromatic carbocycles. The second-order valence-electron chi connectivity index (χ2n) is 9.06. The molecule has 8 rings (SSSR count). The van der Waals surface area contributed by atoms with Crippen LogP contribution in [0.25, 0.3) is 75.7 Å². The van der Waals surface area contributed by atoms with Crippen molar-refractivity contribution in [2.24, 2.45) is 0 Å². The Kier molecular flexibility index (Phi) is 3.59. The van der Waals surface area contributed by atoms with Gasteiger partial charge in [-0.1, -0.05) is 24.3 Å². The molecule has 0 saturated heterocycles. The third-order valence-corrected chi connectivity index (χ3v) is 7.89. The highest BCUT2D eigenvalue weighted by Crippen LogP contribution is 2.40. The number of nitrogens with one attached hydrogen (secondary N) is 2. The number of aromatic amines is 2. The number of aryl methyl sites for hydroxylation is 2. The Morgan fingerprint density at radius 1 is 0.657 bits per heavy atom. The summed E-state index contributed by atoms with van der Waals surface area (Å²) >= 11 is 1.77. The highest BCUT2D eigenvalue weighted by molar-refractivity contribution is 7.18. The number of benzene rings is 4. The number of nitrogens with zero attached hydrogens (tertiary/aromatic N) is 4. The van der Waals surface area contributed by atoms with Crippen molar-refractivity contribution in [2.45, 2.75) is 13.8 Å². The van der Waals surface area contributed by atoms with E-state index in [9.17, 15) is 0 Å². The molecule has 35 heavy (non-hydrogen) atoms. The van der Waals surface area contributed by atoms with Crippen LogP contribution in [0.15, 0.2) is 60.4 Å². The molecule has 4 heterocycles. The van der Waals surface area contributed by atoms with Crippen molar-refractivity contribution in [1.29, 1.82) is 0 Å². The maximum Gasteiger partial charge on any atom is 0.116 e. The molecule has 0 amide bonds. The number of thiophene rings is 1. The number of rotatable bonds is 1. The summed E-state index contributed by atoms with van der Waals surface area (Å²) in [5, 5.41) is 9.04. The van der Waals surface area contributed by atoms with Gasteiger partial charge in [0.25, 0.3) is 0 Å². The molecule has 0 fully saturated rings. The molecule has 0 spiro atoms. The summed E-state index contributed by atoms with van der Waals surface area (Å²) in [6, 6.07) is 15.5. The van der Waals surface area contributed by atoms with Crippen molar-refractivity contribution in [1.82, 2.24) is 29.9 Å². The van der Waals surface area contributed by atoms with Gasteiger partial charge in [-0.3, -0.25) is 0 Å². The van der Waals surface area contributed by atoms with E-state index in [0.29, 0.717) is 0 Å². The van der Waals surface area contributed by atoms with Crippen LogP contribution in [0.2, 0.25) is 0 Å². The number of aromatic nitrogens is 6. The van der Waals surface area contributed by atoms with E-state index in [1.165, 1.54) is 26.4 Å². The van der Waals surface area contributed by atoms with E-state index in [2.05, 4.69) is 67.8 Å². The van der Waals surface area contributed by atoms with E-state index >= 15 is 0 Å². The lowest BCUT2D eigenvalue weighted by Gasteiger charge is -2.10. The fourth-order valence-corrected chi connectivity index (χ4v) is 6.38. The Morgan fingerprint density at radius 3 is 2.20 bits per heavy atom. The second kappa shape index (κ2) is 6.61. The third kappa shape index (κ3) is 2.53. The Bertz CT molecular complexity index is 2150. The molecule has 7 heteroatoms. The Labute approximate surface area is 202 Å². The molecule has 0 atom stereocenters. The monoisotopic (exact) mass is 470 g/mol. The van der Waals surface area contributed by atoms with Gasteiger partial charge in [0.2, 0.25) is 0 Å². The largest absolute Gasteiger partial charge is 0.342 e. The van der Waals surface area contributed by atoms with Crippen molar-refractivity contribution >= 4 is 75.9 Å². The Morgan fingerprint density at radius 2 is 1.37 bits per heavy atom. The van der Waals surface area contributed by atoms with Gasteiger partial charge in [0.1, 0.15) is 18.0 Å². The molecule has 4 aromatic heterocycles. The van der Waals surface area contributed by atoms with Gasteiger partial charge in [0.05, 0.1) is 27.6 Å². The summed E-state index contributed by atoms with van der Waals surface area (Å²) in [5.41, 5.74) is 7.30. The van der Waals surface area contributed by atoms with Crippen LogP contribution in [-0.4, -0.2) is 29.9 Å². The molecule has 166 valence electrons. The molecule has 8 aromatic rings. The summed E-state index contributed by atoms with van der Waals surface area (Å²) < 4.78 is 1.27. The van der Waals surface area contributed by atoms with Crippen molar-refractivity contribution in [2.75, 3.05) is 0 Å². The smallest absolute Gasteiger partial charge is 0.116 e. The van der Waals surface area contributed by atoms with Crippen LogP contribution >= 0.6 is 11.3 Å². The van der Waals surface area contributed by atoms with Gasteiger partial charge in [-0.15, -0.1) is 11.3 Å². The molecule has 0 aliphatic rings. The number of H-pyrrole nitrogens is 2. The number of imidazole rings is 2. The molecule has 0 aliphatic heterocycles. The quantitative estimate of drug-likeness (QED) is 0.249. The SMILES string of the molecule is Cc1nc2c3ccsc3c3cc(-c4ccc5c(c4)c4cncnc4c4[nH]c(C)nc54)ccc3c2[nH]1. The summed E-state index contributed by atoms with van der Waals surface area (Å²) in [4.78, 5) is 25.3. The zero-order chi connectivity index (χ0) is 23.3. The van der Waals surface area contributed by atoms with Gasteiger partial charge in [-0.25, -0.2) is 19.9 Å². The summed E-state index contributed by atoms with van der Waals surface area (Å²) in [5.74, 6) is 1.82. The van der Waals surface area contributed by atoms with E-state index in [1.54, 1.807) is 17.7 Å². The highest BCUT2D eigenvalue weighted by Gasteiger charge is 2.16. The maximum atomic E-state index is 4.77. The maximum absolute atomic E-state index is 4.77. The normalized spacial score (nSPS) is 12.3. The predicted octanol–water partition coefficient (Wildman–Crippen LogP) is 7.19. The molecule has 6 nitrogen and oxygen atoms in total. The zero-order valence-corrected chi connectivity index (χ0v) is 19.8. The fourth-order valence-electron chi connectivity index (χ4n) is 5.45. The molecule has 2 N–H and O–H groups in total. The molecular formula is C28H18N6S. The van der Waals surface area contributed by atoms with E-state index in [1.807, 2.05) is 20.0 Å².